The summed E-state index contributed by atoms with van der Waals surface area (Å²) >= 11 is 7.54. The summed E-state index contributed by atoms with van der Waals surface area (Å²) in [6.07, 6.45) is 3.87. The molecule has 0 fully saturated rings. The standard InChI is InChI=1S/C8H13ClN4S/c1-2-3-4-14-7-6(9)5-11-8(12-7)13-10/h5H,2-4,10H2,1H3,(H,11,12,13). The maximum atomic E-state index is 5.92. The van der Waals surface area contributed by atoms with Gasteiger partial charge in [0, 0.05) is 0 Å². The number of thioether (sulfide) groups is 1. The van der Waals surface area contributed by atoms with Gasteiger partial charge in [0.25, 0.3) is 0 Å². The maximum absolute atomic E-state index is 5.92. The molecule has 0 bridgehead atoms. The van der Waals surface area contributed by atoms with E-state index in [1.165, 1.54) is 0 Å². The third-order valence-electron chi connectivity index (χ3n) is 1.58. The van der Waals surface area contributed by atoms with E-state index in [4.69, 9.17) is 17.4 Å². The average molecular weight is 233 g/mol. The van der Waals surface area contributed by atoms with Gasteiger partial charge in [0.05, 0.1) is 11.2 Å². The Morgan fingerprint density at radius 2 is 2.43 bits per heavy atom. The van der Waals surface area contributed by atoms with Gasteiger partial charge in [-0.25, -0.2) is 15.8 Å². The highest BCUT2D eigenvalue weighted by molar-refractivity contribution is 7.99. The van der Waals surface area contributed by atoms with Crippen molar-refractivity contribution >= 4 is 29.3 Å². The fourth-order valence-corrected chi connectivity index (χ4v) is 2.06. The molecule has 1 aromatic heterocycles. The largest absolute Gasteiger partial charge is 0.292 e. The van der Waals surface area contributed by atoms with Gasteiger partial charge in [-0.3, -0.25) is 5.43 Å². The van der Waals surface area contributed by atoms with E-state index in [1.807, 2.05) is 0 Å². The molecule has 1 heterocycles. The zero-order valence-corrected chi connectivity index (χ0v) is 9.53. The topological polar surface area (TPSA) is 63.8 Å². The van der Waals surface area contributed by atoms with Crippen LogP contribution in [-0.2, 0) is 0 Å². The molecule has 0 atom stereocenters. The molecule has 3 N–H and O–H groups in total. The second-order valence-electron chi connectivity index (χ2n) is 2.69. The molecule has 0 aliphatic heterocycles. The Labute approximate surface area is 92.6 Å². The lowest BCUT2D eigenvalue weighted by Crippen LogP contribution is -2.10. The monoisotopic (exact) mass is 232 g/mol. The lowest BCUT2D eigenvalue weighted by molar-refractivity contribution is 0.894. The number of halogens is 1. The van der Waals surface area contributed by atoms with Crippen LogP contribution in [0.15, 0.2) is 11.2 Å². The molecule has 78 valence electrons. The van der Waals surface area contributed by atoms with Crippen LogP contribution >= 0.6 is 23.4 Å². The van der Waals surface area contributed by atoms with Crippen LogP contribution in [0, 0.1) is 0 Å². The van der Waals surface area contributed by atoms with Gasteiger partial charge in [0.2, 0.25) is 5.95 Å². The van der Waals surface area contributed by atoms with E-state index in [0.717, 1.165) is 23.6 Å². The molecular formula is C8H13ClN4S. The Morgan fingerprint density at radius 3 is 3.07 bits per heavy atom. The van der Waals surface area contributed by atoms with E-state index in [0.29, 0.717) is 11.0 Å². The number of rotatable bonds is 5. The molecule has 0 aromatic carbocycles. The number of aromatic nitrogens is 2. The van der Waals surface area contributed by atoms with Crippen molar-refractivity contribution in [2.45, 2.75) is 24.8 Å². The lowest BCUT2D eigenvalue weighted by Gasteiger charge is -2.04. The molecule has 0 radical (unpaired) electrons. The SMILES string of the molecule is CCCCSc1nc(NN)ncc1Cl. The van der Waals surface area contributed by atoms with Crippen molar-refractivity contribution in [1.29, 1.82) is 0 Å². The fraction of sp³-hybridized carbons (Fsp3) is 0.500. The molecule has 0 spiro atoms. The van der Waals surface area contributed by atoms with Gasteiger partial charge >= 0.3 is 0 Å². The summed E-state index contributed by atoms with van der Waals surface area (Å²) in [5.74, 6) is 6.60. The number of nitrogens with one attached hydrogen (secondary N) is 1. The summed E-state index contributed by atoms with van der Waals surface area (Å²) < 4.78 is 0. The van der Waals surface area contributed by atoms with E-state index < -0.39 is 0 Å². The quantitative estimate of drug-likeness (QED) is 0.268. The highest BCUT2D eigenvalue weighted by atomic mass is 35.5. The minimum atomic E-state index is 0.397. The number of nitrogens with two attached hydrogens (primary N) is 1. The van der Waals surface area contributed by atoms with Gasteiger partial charge < -0.3 is 0 Å². The van der Waals surface area contributed by atoms with Crippen molar-refractivity contribution in [3.05, 3.63) is 11.2 Å². The van der Waals surface area contributed by atoms with Crippen LogP contribution in [0.1, 0.15) is 19.8 Å². The van der Waals surface area contributed by atoms with Crippen LogP contribution in [0.25, 0.3) is 0 Å². The van der Waals surface area contributed by atoms with Crippen molar-refractivity contribution in [1.82, 2.24) is 9.97 Å². The second kappa shape index (κ2) is 6.06. The Bertz CT molecular complexity index is 295. The van der Waals surface area contributed by atoms with Gasteiger partial charge in [-0.2, -0.15) is 0 Å². The van der Waals surface area contributed by atoms with Gasteiger partial charge in [0.1, 0.15) is 5.03 Å². The average Bonchev–Trinajstić information content (AvgIpc) is 2.21. The molecular weight excluding hydrogens is 220 g/mol. The third-order valence-corrected chi connectivity index (χ3v) is 3.04. The van der Waals surface area contributed by atoms with Crippen LogP contribution in [0.4, 0.5) is 5.95 Å². The zero-order valence-electron chi connectivity index (χ0n) is 7.96. The van der Waals surface area contributed by atoms with Crippen LogP contribution in [0.5, 0.6) is 0 Å². The first kappa shape index (κ1) is 11.6. The summed E-state index contributed by atoms with van der Waals surface area (Å²) in [4.78, 5) is 8.04. The smallest absolute Gasteiger partial charge is 0.238 e. The molecule has 0 aliphatic carbocycles. The van der Waals surface area contributed by atoms with E-state index >= 15 is 0 Å². The molecule has 1 aromatic rings. The highest BCUT2D eigenvalue weighted by Crippen LogP contribution is 2.25. The summed E-state index contributed by atoms with van der Waals surface area (Å²) in [5.41, 5.74) is 2.39. The summed E-state index contributed by atoms with van der Waals surface area (Å²) in [5, 5.41) is 1.35. The van der Waals surface area contributed by atoms with Crippen molar-refractivity contribution in [3.63, 3.8) is 0 Å². The summed E-state index contributed by atoms with van der Waals surface area (Å²) in [6.45, 7) is 2.15. The Kier molecular flexibility index (Phi) is 5.00. The predicted molar refractivity (Wildman–Crippen MR) is 60.5 cm³/mol. The highest BCUT2D eigenvalue weighted by Gasteiger charge is 2.04. The Hall–Kier alpha value is -0.520. The molecule has 0 unspecified atom stereocenters. The number of unbranched alkanes of at least 4 members (excludes halogenated alkanes) is 1. The molecule has 0 saturated heterocycles. The number of hydrazine groups is 1. The maximum Gasteiger partial charge on any atom is 0.238 e. The van der Waals surface area contributed by atoms with Gasteiger partial charge in [0.15, 0.2) is 0 Å². The van der Waals surface area contributed by atoms with Gasteiger partial charge in [-0.05, 0) is 12.2 Å². The fourth-order valence-electron chi connectivity index (χ4n) is 0.835. The minimum absolute atomic E-state index is 0.397. The number of nitrogens with zero attached hydrogens (tertiary/aromatic N) is 2. The summed E-state index contributed by atoms with van der Waals surface area (Å²) in [6, 6.07) is 0. The van der Waals surface area contributed by atoms with E-state index in [9.17, 15) is 0 Å². The van der Waals surface area contributed by atoms with E-state index in [1.54, 1.807) is 18.0 Å². The number of hydrogen-bond donors (Lipinski definition) is 2. The van der Waals surface area contributed by atoms with Crippen LogP contribution < -0.4 is 11.3 Å². The van der Waals surface area contributed by atoms with Crippen molar-refractivity contribution in [2.24, 2.45) is 5.84 Å². The first-order chi connectivity index (χ1) is 6.77. The van der Waals surface area contributed by atoms with E-state index in [2.05, 4.69) is 22.3 Å². The molecule has 4 nitrogen and oxygen atoms in total. The van der Waals surface area contributed by atoms with Crippen LogP contribution in [0.2, 0.25) is 5.02 Å². The number of hydrogen-bond acceptors (Lipinski definition) is 5. The predicted octanol–water partition coefficient (Wildman–Crippen LogP) is 2.31. The third kappa shape index (κ3) is 3.32. The molecule has 0 amide bonds. The molecule has 6 heteroatoms. The lowest BCUT2D eigenvalue weighted by atomic mass is 10.4. The first-order valence-corrected chi connectivity index (χ1v) is 5.76. The normalized spacial score (nSPS) is 10.2. The second-order valence-corrected chi connectivity index (χ2v) is 4.18. The first-order valence-electron chi connectivity index (χ1n) is 4.40. The Morgan fingerprint density at radius 1 is 1.64 bits per heavy atom. The molecule has 1 rings (SSSR count). The number of anilines is 1. The van der Waals surface area contributed by atoms with E-state index in [-0.39, 0.29) is 0 Å². The van der Waals surface area contributed by atoms with Gasteiger partial charge in [-0.15, -0.1) is 11.8 Å². The van der Waals surface area contributed by atoms with Crippen LogP contribution in [-0.4, -0.2) is 15.7 Å². The molecule has 14 heavy (non-hydrogen) atoms. The minimum Gasteiger partial charge on any atom is -0.292 e. The Balaban J connectivity index is 2.64. The summed E-state index contributed by atoms with van der Waals surface area (Å²) in [7, 11) is 0. The van der Waals surface area contributed by atoms with Crippen molar-refractivity contribution in [2.75, 3.05) is 11.2 Å². The number of nitrogen functional groups attached to an aromatic ring is 1. The zero-order chi connectivity index (χ0) is 10.4. The van der Waals surface area contributed by atoms with Crippen molar-refractivity contribution < 1.29 is 0 Å². The van der Waals surface area contributed by atoms with Crippen LogP contribution in [0.3, 0.4) is 0 Å². The molecule has 0 aliphatic rings. The molecule has 0 saturated carbocycles. The van der Waals surface area contributed by atoms with Gasteiger partial charge in [-0.1, -0.05) is 24.9 Å². The van der Waals surface area contributed by atoms with Crippen molar-refractivity contribution in [3.8, 4) is 0 Å².